The lowest BCUT2D eigenvalue weighted by Crippen LogP contribution is -2.27. The van der Waals surface area contributed by atoms with Gasteiger partial charge in [-0.05, 0) is 18.2 Å². The zero-order chi connectivity index (χ0) is 16.6. The molecule has 0 saturated carbocycles. The number of imidazole rings is 1. The second-order valence-electron chi connectivity index (χ2n) is 4.95. The lowest BCUT2D eigenvalue weighted by Gasteiger charge is -2.16. The van der Waals surface area contributed by atoms with Crippen molar-refractivity contribution >= 4 is 27.3 Å². The summed E-state index contributed by atoms with van der Waals surface area (Å²) in [5.41, 5.74) is 0. The summed E-state index contributed by atoms with van der Waals surface area (Å²) in [6.07, 6.45) is 2.42. The van der Waals surface area contributed by atoms with E-state index in [9.17, 15) is 18.0 Å². The van der Waals surface area contributed by atoms with Gasteiger partial charge in [-0.25, -0.2) is 9.37 Å². The second-order valence-corrected chi connectivity index (χ2v) is 6.04. The van der Waals surface area contributed by atoms with E-state index in [0.717, 1.165) is 17.5 Å². The number of benzene rings is 1. The van der Waals surface area contributed by atoms with E-state index in [0.29, 0.717) is 19.5 Å². The molecule has 0 aliphatic carbocycles. The predicted octanol–water partition coefficient (Wildman–Crippen LogP) is 3.90. The smallest absolute Gasteiger partial charge is 0.319 e. The monoisotopic (exact) mass is 339 g/mol. The topological polar surface area (TPSA) is 38.1 Å². The van der Waals surface area contributed by atoms with Gasteiger partial charge in [0.1, 0.15) is 11.6 Å². The number of thiophene rings is 1. The zero-order valence-electron chi connectivity index (χ0n) is 12.0. The summed E-state index contributed by atoms with van der Waals surface area (Å²) in [6, 6.07) is 6.11. The Kier molecular flexibility index (Phi) is 4.08. The minimum absolute atomic E-state index is 0.0626. The number of rotatable bonds is 4. The number of carbonyl (C=O) groups excluding carboxylic acids is 1. The van der Waals surface area contributed by atoms with Crippen molar-refractivity contribution in [1.29, 1.82) is 0 Å². The van der Waals surface area contributed by atoms with Crippen LogP contribution in [0.3, 0.4) is 0 Å². The zero-order valence-corrected chi connectivity index (χ0v) is 12.9. The number of carbonyl (C=O) groups is 1. The highest BCUT2D eigenvalue weighted by atomic mass is 32.1. The van der Waals surface area contributed by atoms with E-state index in [-0.39, 0.29) is 18.3 Å². The molecule has 0 bridgehead atoms. The summed E-state index contributed by atoms with van der Waals surface area (Å²) in [5, 5.41) is 0.378. The molecule has 0 aliphatic heterocycles. The maximum absolute atomic E-state index is 13.7. The van der Waals surface area contributed by atoms with Crippen LogP contribution >= 0.6 is 11.3 Å². The normalized spacial score (nSPS) is 11.3. The Morgan fingerprint density at radius 1 is 1.43 bits per heavy atom. The van der Waals surface area contributed by atoms with Crippen molar-refractivity contribution in [3.05, 3.63) is 53.2 Å². The average Bonchev–Trinajstić information content (AvgIpc) is 3.13. The van der Waals surface area contributed by atoms with Gasteiger partial charge in [0.2, 0.25) is 0 Å². The number of fused-ring (bicyclic) bond motifs is 1. The number of hydrogen-bond acceptors (Lipinski definition) is 3. The molecule has 3 rings (SSSR count). The molecule has 2 heterocycles. The molecular weight excluding hydrogens is 327 g/mol. The summed E-state index contributed by atoms with van der Waals surface area (Å²) in [4.78, 5) is 17.9. The molecule has 0 radical (unpaired) electrons. The number of nitrogens with zero attached hydrogens (tertiary/aromatic N) is 3. The van der Waals surface area contributed by atoms with E-state index < -0.39 is 12.4 Å². The van der Waals surface area contributed by atoms with Crippen LogP contribution in [0, 0.1) is 5.82 Å². The van der Waals surface area contributed by atoms with Gasteiger partial charge in [-0.3, -0.25) is 9.36 Å². The molecule has 0 fully saturated rings. The predicted molar refractivity (Wildman–Crippen MR) is 81.1 cm³/mol. The van der Waals surface area contributed by atoms with E-state index >= 15 is 0 Å². The van der Waals surface area contributed by atoms with Crippen LogP contribution in [0.2, 0.25) is 0 Å². The Hall–Kier alpha value is -2.35. The summed E-state index contributed by atoms with van der Waals surface area (Å²) in [6.45, 7) is -2.78. The average molecular weight is 339 g/mol. The van der Waals surface area contributed by atoms with E-state index in [2.05, 4.69) is 4.98 Å². The van der Waals surface area contributed by atoms with Crippen molar-refractivity contribution in [2.45, 2.75) is 13.1 Å². The van der Waals surface area contributed by atoms with Crippen LogP contribution in [0.25, 0.3) is 10.1 Å². The highest BCUT2D eigenvalue weighted by Crippen LogP contribution is 2.28. The van der Waals surface area contributed by atoms with Crippen LogP contribution in [0.1, 0.15) is 22.0 Å². The Morgan fingerprint density at radius 2 is 2.22 bits per heavy atom. The van der Waals surface area contributed by atoms with E-state index in [1.54, 1.807) is 12.1 Å². The first-order chi connectivity index (χ1) is 11.0. The molecule has 23 heavy (non-hydrogen) atoms. The van der Waals surface area contributed by atoms with Gasteiger partial charge in [0.15, 0.2) is 0 Å². The Bertz CT molecular complexity index is 859. The van der Waals surface area contributed by atoms with Gasteiger partial charge in [-0.15, -0.1) is 11.3 Å². The summed E-state index contributed by atoms with van der Waals surface area (Å²) >= 11 is 1.16. The highest BCUT2D eigenvalue weighted by Gasteiger charge is 2.19. The Balaban J connectivity index is 1.83. The molecule has 8 heteroatoms. The fraction of sp³-hybridized carbons (Fsp3) is 0.200. The largest absolute Gasteiger partial charge is 0.334 e. The molecule has 0 spiro atoms. The van der Waals surface area contributed by atoms with Gasteiger partial charge in [0, 0.05) is 29.5 Å². The summed E-state index contributed by atoms with van der Waals surface area (Å²) < 4.78 is 40.7. The van der Waals surface area contributed by atoms with Gasteiger partial charge in [0.25, 0.3) is 5.91 Å². The molecule has 4 nitrogen and oxygen atoms in total. The lowest BCUT2D eigenvalue weighted by atomic mass is 10.2. The number of hydrogen-bond donors (Lipinski definition) is 0. The molecule has 120 valence electrons. The van der Waals surface area contributed by atoms with Crippen LogP contribution < -0.4 is 0 Å². The molecule has 0 saturated heterocycles. The third-order valence-corrected chi connectivity index (χ3v) is 4.49. The van der Waals surface area contributed by atoms with Crippen molar-refractivity contribution in [2.24, 2.45) is 0 Å². The molecule has 0 atom stereocenters. The van der Waals surface area contributed by atoms with Gasteiger partial charge in [0.05, 0.1) is 11.4 Å². The first-order valence-electron chi connectivity index (χ1n) is 6.70. The fourth-order valence-electron chi connectivity index (χ4n) is 2.25. The van der Waals surface area contributed by atoms with Crippen molar-refractivity contribution in [1.82, 2.24) is 14.5 Å². The number of aromatic nitrogens is 2. The van der Waals surface area contributed by atoms with Crippen molar-refractivity contribution in [3.8, 4) is 0 Å². The van der Waals surface area contributed by atoms with Crippen LogP contribution in [0.4, 0.5) is 13.2 Å². The van der Waals surface area contributed by atoms with Crippen molar-refractivity contribution < 1.29 is 18.0 Å². The van der Waals surface area contributed by atoms with Crippen LogP contribution in [0.15, 0.2) is 36.7 Å². The standard InChI is InChI=1S/C15H12F3N3OS/c1-20(8-13-19-5-6-21(13)15(17)18)14(22)12-7-9-10(16)3-2-4-11(9)23-12/h2-7,15H,8H2,1H3. The molecule has 2 aromatic heterocycles. The van der Waals surface area contributed by atoms with Crippen LogP contribution in [0.5, 0.6) is 0 Å². The van der Waals surface area contributed by atoms with E-state index in [4.69, 9.17) is 0 Å². The molecule has 0 N–H and O–H groups in total. The summed E-state index contributed by atoms with van der Waals surface area (Å²) in [7, 11) is 1.49. The highest BCUT2D eigenvalue weighted by molar-refractivity contribution is 7.20. The van der Waals surface area contributed by atoms with Crippen LogP contribution in [-0.2, 0) is 6.54 Å². The van der Waals surface area contributed by atoms with Gasteiger partial charge < -0.3 is 4.90 Å². The second kappa shape index (κ2) is 6.04. The van der Waals surface area contributed by atoms with Crippen molar-refractivity contribution in [3.63, 3.8) is 0 Å². The fourth-order valence-corrected chi connectivity index (χ4v) is 3.32. The minimum atomic E-state index is -2.71. The quantitative estimate of drug-likeness (QED) is 0.723. The lowest BCUT2D eigenvalue weighted by molar-refractivity contribution is 0.0613. The van der Waals surface area contributed by atoms with Gasteiger partial charge >= 0.3 is 6.55 Å². The number of amides is 1. The molecular formula is C15H12F3N3OS. The molecule has 0 aliphatic rings. The van der Waals surface area contributed by atoms with E-state index in [1.165, 1.54) is 30.3 Å². The third-order valence-electron chi connectivity index (χ3n) is 3.40. The van der Waals surface area contributed by atoms with Gasteiger partial charge in [-0.1, -0.05) is 6.07 Å². The van der Waals surface area contributed by atoms with E-state index in [1.807, 2.05) is 0 Å². The first-order valence-corrected chi connectivity index (χ1v) is 7.52. The number of halogens is 3. The number of alkyl halides is 2. The van der Waals surface area contributed by atoms with Gasteiger partial charge in [-0.2, -0.15) is 8.78 Å². The minimum Gasteiger partial charge on any atom is -0.334 e. The maximum atomic E-state index is 13.7. The molecule has 1 aromatic carbocycles. The molecule has 3 aromatic rings. The first kappa shape index (κ1) is 15.5. The van der Waals surface area contributed by atoms with Crippen molar-refractivity contribution in [2.75, 3.05) is 7.05 Å². The summed E-state index contributed by atoms with van der Waals surface area (Å²) in [5.74, 6) is -0.675. The molecule has 1 amide bonds. The Morgan fingerprint density at radius 3 is 2.91 bits per heavy atom. The van der Waals surface area contributed by atoms with Crippen LogP contribution in [-0.4, -0.2) is 27.4 Å². The maximum Gasteiger partial charge on any atom is 0.319 e. The third kappa shape index (κ3) is 2.94. The Labute approximate surface area is 133 Å². The SMILES string of the molecule is CN(Cc1nccn1C(F)F)C(=O)c1cc2c(F)cccc2s1. The molecule has 0 unspecified atom stereocenters.